The van der Waals surface area contributed by atoms with E-state index in [1.165, 1.54) is 27.6 Å². The van der Waals surface area contributed by atoms with Crippen molar-refractivity contribution in [1.82, 2.24) is 4.98 Å². The van der Waals surface area contributed by atoms with Gasteiger partial charge in [-0.3, -0.25) is 0 Å². The SMILES string of the molecule is CC(C)(C)c1cccc2ncoc12.CC(C)(C)c1cccc2sccc12. The molecule has 4 rings (SSSR count). The van der Waals surface area contributed by atoms with Crippen LogP contribution in [0.5, 0.6) is 0 Å². The molecule has 0 saturated heterocycles. The van der Waals surface area contributed by atoms with E-state index >= 15 is 0 Å². The molecule has 0 saturated carbocycles. The molecule has 2 aromatic carbocycles. The molecule has 0 radical (unpaired) electrons. The van der Waals surface area contributed by atoms with E-state index in [0.717, 1.165) is 11.1 Å². The molecule has 0 aliphatic rings. The van der Waals surface area contributed by atoms with Crippen molar-refractivity contribution in [3.63, 3.8) is 0 Å². The Morgan fingerprint density at radius 2 is 1.46 bits per heavy atom. The van der Waals surface area contributed by atoms with Gasteiger partial charge in [0, 0.05) is 10.3 Å². The van der Waals surface area contributed by atoms with Crippen LogP contribution in [0.4, 0.5) is 0 Å². The highest BCUT2D eigenvalue weighted by Gasteiger charge is 2.18. The Hall–Kier alpha value is -2.13. The number of thiophene rings is 1. The molecule has 0 amide bonds. The van der Waals surface area contributed by atoms with Crippen LogP contribution >= 0.6 is 11.3 Å². The molecule has 3 heteroatoms. The molecule has 2 aromatic heterocycles. The van der Waals surface area contributed by atoms with Gasteiger partial charge in [-0.15, -0.1) is 11.3 Å². The molecule has 0 bridgehead atoms. The van der Waals surface area contributed by atoms with E-state index in [-0.39, 0.29) is 10.8 Å². The molecule has 0 aliphatic heterocycles. The van der Waals surface area contributed by atoms with Gasteiger partial charge in [0.1, 0.15) is 5.52 Å². The minimum atomic E-state index is 0.110. The Labute approximate surface area is 159 Å². The Kier molecular flexibility index (Phi) is 4.94. The lowest BCUT2D eigenvalue weighted by atomic mass is 9.85. The van der Waals surface area contributed by atoms with Crippen LogP contribution in [-0.4, -0.2) is 4.98 Å². The number of para-hydroxylation sites is 1. The summed E-state index contributed by atoms with van der Waals surface area (Å²) < 4.78 is 6.76. The maximum atomic E-state index is 5.36. The predicted octanol–water partition coefficient (Wildman–Crippen LogP) is 7.32. The largest absolute Gasteiger partial charge is 0.443 e. The third kappa shape index (κ3) is 3.83. The number of hydrogen-bond donors (Lipinski definition) is 0. The van der Waals surface area contributed by atoms with Crippen LogP contribution in [0.3, 0.4) is 0 Å². The fraction of sp³-hybridized carbons (Fsp3) is 0.348. The molecule has 136 valence electrons. The van der Waals surface area contributed by atoms with Crippen LogP contribution in [-0.2, 0) is 10.8 Å². The molecule has 4 aromatic rings. The van der Waals surface area contributed by atoms with E-state index < -0.39 is 0 Å². The average Bonchev–Trinajstić information content (AvgIpc) is 3.21. The molecule has 2 heterocycles. The summed E-state index contributed by atoms with van der Waals surface area (Å²) in [5, 5.41) is 3.58. The van der Waals surface area contributed by atoms with Gasteiger partial charge in [-0.05, 0) is 45.4 Å². The second-order valence-electron chi connectivity index (χ2n) is 8.64. The minimum absolute atomic E-state index is 0.110. The second-order valence-corrected chi connectivity index (χ2v) is 9.59. The van der Waals surface area contributed by atoms with Crippen LogP contribution in [0.2, 0.25) is 0 Å². The number of benzene rings is 2. The first kappa shape index (κ1) is 18.7. The van der Waals surface area contributed by atoms with E-state index in [2.05, 4.69) is 82.2 Å². The maximum Gasteiger partial charge on any atom is 0.181 e. The highest BCUT2D eigenvalue weighted by molar-refractivity contribution is 7.17. The molecule has 0 fully saturated rings. The van der Waals surface area contributed by atoms with Crippen molar-refractivity contribution in [2.45, 2.75) is 52.4 Å². The molecule has 0 unspecified atom stereocenters. The molecule has 0 N–H and O–H groups in total. The van der Waals surface area contributed by atoms with Crippen LogP contribution < -0.4 is 0 Å². The van der Waals surface area contributed by atoms with Crippen molar-refractivity contribution in [2.75, 3.05) is 0 Å². The van der Waals surface area contributed by atoms with Gasteiger partial charge in [0.15, 0.2) is 12.0 Å². The van der Waals surface area contributed by atoms with Crippen molar-refractivity contribution in [3.05, 3.63) is 65.4 Å². The number of rotatable bonds is 0. The van der Waals surface area contributed by atoms with Gasteiger partial charge in [-0.25, -0.2) is 4.98 Å². The lowest BCUT2D eigenvalue weighted by Crippen LogP contribution is -2.10. The Morgan fingerprint density at radius 3 is 2.15 bits per heavy atom. The summed E-state index contributed by atoms with van der Waals surface area (Å²) in [5.41, 5.74) is 4.87. The fourth-order valence-corrected chi connectivity index (χ4v) is 3.94. The number of hydrogen-bond acceptors (Lipinski definition) is 3. The van der Waals surface area contributed by atoms with Crippen LogP contribution in [0, 0.1) is 0 Å². The number of oxazole rings is 1. The third-order valence-corrected chi connectivity index (χ3v) is 5.35. The van der Waals surface area contributed by atoms with E-state index in [1.54, 1.807) is 0 Å². The van der Waals surface area contributed by atoms with Gasteiger partial charge in [-0.2, -0.15) is 0 Å². The molecule has 0 aliphatic carbocycles. The second kappa shape index (κ2) is 6.88. The predicted molar refractivity (Wildman–Crippen MR) is 113 cm³/mol. The summed E-state index contributed by atoms with van der Waals surface area (Å²) in [7, 11) is 0. The van der Waals surface area contributed by atoms with Crippen LogP contribution in [0.25, 0.3) is 21.2 Å². The van der Waals surface area contributed by atoms with Crippen molar-refractivity contribution in [3.8, 4) is 0 Å². The zero-order valence-electron chi connectivity index (χ0n) is 16.5. The summed E-state index contributed by atoms with van der Waals surface area (Å²) in [4.78, 5) is 4.13. The highest BCUT2D eigenvalue weighted by Crippen LogP contribution is 2.32. The fourth-order valence-electron chi connectivity index (χ4n) is 3.12. The summed E-state index contributed by atoms with van der Waals surface area (Å²) in [5.74, 6) is 0. The summed E-state index contributed by atoms with van der Waals surface area (Å²) in [6.07, 6.45) is 1.50. The van der Waals surface area contributed by atoms with E-state index in [9.17, 15) is 0 Å². The van der Waals surface area contributed by atoms with Crippen molar-refractivity contribution >= 4 is 32.5 Å². The van der Waals surface area contributed by atoms with Gasteiger partial charge in [-0.1, -0.05) is 65.8 Å². The minimum Gasteiger partial charge on any atom is -0.443 e. The molecule has 2 nitrogen and oxygen atoms in total. The number of nitrogens with zero attached hydrogens (tertiary/aromatic N) is 1. The van der Waals surface area contributed by atoms with E-state index in [1.807, 2.05) is 23.5 Å². The van der Waals surface area contributed by atoms with Crippen molar-refractivity contribution in [2.24, 2.45) is 0 Å². The van der Waals surface area contributed by atoms with Gasteiger partial charge >= 0.3 is 0 Å². The van der Waals surface area contributed by atoms with E-state index in [0.29, 0.717) is 0 Å². The zero-order chi connectivity index (χ0) is 18.9. The first-order valence-corrected chi connectivity index (χ1v) is 9.85. The quantitative estimate of drug-likeness (QED) is 0.326. The highest BCUT2D eigenvalue weighted by atomic mass is 32.1. The van der Waals surface area contributed by atoms with Crippen molar-refractivity contribution in [1.29, 1.82) is 0 Å². The number of fused-ring (bicyclic) bond motifs is 2. The molecule has 0 atom stereocenters. The van der Waals surface area contributed by atoms with Gasteiger partial charge in [0.2, 0.25) is 0 Å². The lowest BCUT2D eigenvalue weighted by Gasteiger charge is -2.19. The Bertz CT molecular complexity index is 928. The Morgan fingerprint density at radius 1 is 0.808 bits per heavy atom. The van der Waals surface area contributed by atoms with Gasteiger partial charge < -0.3 is 4.42 Å². The van der Waals surface area contributed by atoms with Crippen LogP contribution in [0.15, 0.2) is 58.7 Å². The monoisotopic (exact) mass is 365 g/mol. The summed E-state index contributed by atoms with van der Waals surface area (Å²) >= 11 is 1.82. The smallest absolute Gasteiger partial charge is 0.181 e. The Balaban J connectivity index is 0.000000151. The van der Waals surface area contributed by atoms with Gasteiger partial charge in [0.05, 0.1) is 0 Å². The third-order valence-electron chi connectivity index (χ3n) is 4.47. The molecule has 0 spiro atoms. The topological polar surface area (TPSA) is 26.0 Å². The average molecular weight is 366 g/mol. The number of aromatic nitrogens is 1. The lowest BCUT2D eigenvalue weighted by molar-refractivity contribution is 0.554. The first-order chi connectivity index (χ1) is 12.2. The van der Waals surface area contributed by atoms with Gasteiger partial charge in [0.25, 0.3) is 0 Å². The molecular formula is C23H27NOS. The van der Waals surface area contributed by atoms with E-state index in [4.69, 9.17) is 4.42 Å². The maximum absolute atomic E-state index is 5.36. The summed E-state index contributed by atoms with van der Waals surface area (Å²) in [6.45, 7) is 13.3. The zero-order valence-corrected chi connectivity index (χ0v) is 17.3. The van der Waals surface area contributed by atoms with Crippen molar-refractivity contribution < 1.29 is 4.42 Å². The van der Waals surface area contributed by atoms with Crippen LogP contribution in [0.1, 0.15) is 52.7 Å². The summed E-state index contributed by atoms with van der Waals surface area (Å²) in [6, 6.07) is 14.9. The molecular weight excluding hydrogens is 338 g/mol. The molecule has 26 heavy (non-hydrogen) atoms. The normalized spacial score (nSPS) is 12.2. The first-order valence-electron chi connectivity index (χ1n) is 8.97. The standard InChI is InChI=1S/C12H14S.C11H13NO/c1-12(2,3)10-5-4-6-11-9(10)7-8-13-11;1-11(2,3)8-5-4-6-9-10(8)13-7-12-9/h4-8H,1-3H3;4-7H,1-3H3.